The molecule has 1 atom stereocenters. The van der Waals surface area contributed by atoms with Crippen LogP contribution in [0.2, 0.25) is 0 Å². The molecule has 1 aliphatic heterocycles. The second kappa shape index (κ2) is 7.06. The highest BCUT2D eigenvalue weighted by atomic mass is 16.5. The fourth-order valence-electron chi connectivity index (χ4n) is 1.84. The van der Waals surface area contributed by atoms with E-state index in [-0.39, 0.29) is 11.8 Å². The van der Waals surface area contributed by atoms with E-state index < -0.39 is 5.97 Å². The Labute approximate surface area is 101 Å². The average Bonchev–Trinajstić information content (AvgIpc) is 2.36. The maximum Gasteiger partial charge on any atom is 0.354 e. The molecule has 0 aromatic carbocycles. The molecule has 0 radical (unpaired) electrons. The molecule has 1 fully saturated rings. The zero-order valence-electron chi connectivity index (χ0n) is 10.3. The Morgan fingerprint density at radius 3 is 2.94 bits per heavy atom. The minimum absolute atomic E-state index is 0.122. The molecule has 1 saturated heterocycles. The molecule has 5 heteroatoms. The van der Waals surface area contributed by atoms with E-state index in [4.69, 9.17) is 9.47 Å². The number of ether oxygens (including phenoxy) is 2. The number of carbonyl (C=O) groups excluding carboxylic acids is 2. The first-order valence-corrected chi connectivity index (χ1v) is 5.93. The molecule has 96 valence electrons. The summed E-state index contributed by atoms with van der Waals surface area (Å²) in [5.41, 5.74) is 1.19. The lowest BCUT2D eigenvalue weighted by Crippen LogP contribution is -2.28. The number of nitrogens with one attached hydrogen (secondary N) is 1. The van der Waals surface area contributed by atoms with E-state index in [2.05, 4.69) is 5.32 Å². The fourth-order valence-corrected chi connectivity index (χ4v) is 1.84. The Balaban J connectivity index is 2.84. The Kier molecular flexibility index (Phi) is 5.69. The van der Waals surface area contributed by atoms with Crippen LogP contribution in [0.25, 0.3) is 0 Å². The molecule has 0 aromatic rings. The molecule has 0 saturated carbocycles. The predicted molar refractivity (Wildman–Crippen MR) is 62.1 cm³/mol. The van der Waals surface area contributed by atoms with Gasteiger partial charge in [-0.05, 0) is 31.8 Å². The van der Waals surface area contributed by atoms with Crippen molar-refractivity contribution in [2.24, 2.45) is 0 Å². The lowest BCUT2D eigenvalue weighted by Gasteiger charge is -2.25. The van der Waals surface area contributed by atoms with Crippen molar-refractivity contribution in [1.29, 1.82) is 0 Å². The minimum Gasteiger partial charge on any atom is -0.461 e. The lowest BCUT2D eigenvalue weighted by atomic mass is 9.98. The molecule has 0 unspecified atom stereocenters. The highest BCUT2D eigenvalue weighted by Gasteiger charge is 2.23. The average molecular weight is 241 g/mol. The van der Waals surface area contributed by atoms with Crippen LogP contribution in [0, 0.1) is 0 Å². The minimum atomic E-state index is -0.466. The van der Waals surface area contributed by atoms with Crippen LogP contribution in [0.1, 0.15) is 33.1 Å². The molecule has 1 rings (SSSR count). The first-order valence-electron chi connectivity index (χ1n) is 5.93. The van der Waals surface area contributed by atoms with Crippen LogP contribution in [0.15, 0.2) is 11.3 Å². The van der Waals surface area contributed by atoms with E-state index in [1.54, 1.807) is 6.92 Å². The summed E-state index contributed by atoms with van der Waals surface area (Å²) < 4.78 is 10.4. The predicted octanol–water partition coefficient (Wildman–Crippen LogP) is 1.14. The summed E-state index contributed by atoms with van der Waals surface area (Å²) in [6, 6.07) is 0. The number of hydrogen-bond acceptors (Lipinski definition) is 4. The summed E-state index contributed by atoms with van der Waals surface area (Å²) in [6.07, 6.45) is 2.85. The smallest absolute Gasteiger partial charge is 0.354 e. The van der Waals surface area contributed by atoms with Gasteiger partial charge in [-0.25, -0.2) is 4.79 Å². The van der Waals surface area contributed by atoms with E-state index in [0.717, 1.165) is 12.0 Å². The molecule has 0 bridgehead atoms. The number of esters is 1. The van der Waals surface area contributed by atoms with Crippen molar-refractivity contribution in [2.45, 2.75) is 39.2 Å². The zero-order valence-corrected chi connectivity index (χ0v) is 10.3. The Hall–Kier alpha value is -1.36. The first kappa shape index (κ1) is 13.7. The van der Waals surface area contributed by atoms with Gasteiger partial charge in [-0.2, -0.15) is 0 Å². The van der Waals surface area contributed by atoms with Crippen molar-refractivity contribution in [3.8, 4) is 0 Å². The molecule has 5 nitrogen and oxygen atoms in total. The van der Waals surface area contributed by atoms with Gasteiger partial charge in [0.05, 0.1) is 19.3 Å². The van der Waals surface area contributed by atoms with Gasteiger partial charge in [-0.15, -0.1) is 0 Å². The van der Waals surface area contributed by atoms with E-state index in [1.807, 2.05) is 6.92 Å². The summed E-state index contributed by atoms with van der Waals surface area (Å²) in [7, 11) is 0. The quantitative estimate of drug-likeness (QED) is 0.445. The summed E-state index contributed by atoms with van der Waals surface area (Å²) in [6.45, 7) is 4.64. The van der Waals surface area contributed by atoms with Crippen LogP contribution < -0.4 is 5.32 Å². The van der Waals surface area contributed by atoms with Gasteiger partial charge < -0.3 is 14.8 Å². The highest BCUT2D eigenvalue weighted by Crippen LogP contribution is 2.23. The van der Waals surface area contributed by atoms with Gasteiger partial charge in [0.15, 0.2) is 0 Å². The highest BCUT2D eigenvalue weighted by molar-refractivity contribution is 5.91. The molecular formula is C12H19NO4. The fraction of sp³-hybridized carbons (Fsp3) is 0.667. The van der Waals surface area contributed by atoms with Crippen molar-refractivity contribution in [2.75, 3.05) is 13.2 Å². The number of amides is 1. The molecule has 0 aromatic heterocycles. The Morgan fingerprint density at radius 1 is 1.59 bits per heavy atom. The van der Waals surface area contributed by atoms with Crippen molar-refractivity contribution in [1.82, 2.24) is 5.32 Å². The first-order chi connectivity index (χ1) is 8.22. The standard InChI is InChI=1S/C12H19NO4/c1-3-10-7-9(5-6-17-10)11(13-8-14)12(15)16-4-2/h8,10H,3-7H2,1-2H3,(H,13,14)/b11-9+/t10-/m1/s1. The van der Waals surface area contributed by atoms with Gasteiger partial charge in [0.2, 0.25) is 6.41 Å². The number of hydrogen-bond donors (Lipinski definition) is 1. The third-order valence-corrected chi connectivity index (χ3v) is 2.72. The van der Waals surface area contributed by atoms with Crippen molar-refractivity contribution >= 4 is 12.4 Å². The lowest BCUT2D eigenvalue weighted by molar-refractivity contribution is -0.139. The maximum atomic E-state index is 11.7. The Morgan fingerprint density at radius 2 is 2.35 bits per heavy atom. The second-order valence-electron chi connectivity index (χ2n) is 3.82. The molecule has 17 heavy (non-hydrogen) atoms. The molecule has 1 N–H and O–H groups in total. The monoisotopic (exact) mass is 241 g/mol. The molecule has 1 heterocycles. The van der Waals surface area contributed by atoms with Gasteiger partial charge >= 0.3 is 5.97 Å². The van der Waals surface area contributed by atoms with Crippen molar-refractivity contribution in [3.63, 3.8) is 0 Å². The Bertz CT molecular complexity index is 312. The normalized spacial score (nSPS) is 22.8. The van der Waals surface area contributed by atoms with E-state index in [1.165, 1.54) is 0 Å². The van der Waals surface area contributed by atoms with E-state index >= 15 is 0 Å². The van der Waals surface area contributed by atoms with Crippen LogP contribution in [0.4, 0.5) is 0 Å². The van der Waals surface area contributed by atoms with Crippen LogP contribution in [-0.4, -0.2) is 31.7 Å². The van der Waals surface area contributed by atoms with Crippen LogP contribution in [-0.2, 0) is 19.1 Å². The van der Waals surface area contributed by atoms with E-state index in [0.29, 0.717) is 32.5 Å². The van der Waals surface area contributed by atoms with Gasteiger partial charge in [-0.3, -0.25) is 4.79 Å². The number of rotatable bonds is 5. The molecular weight excluding hydrogens is 222 g/mol. The second-order valence-corrected chi connectivity index (χ2v) is 3.82. The summed E-state index contributed by atoms with van der Waals surface area (Å²) in [5.74, 6) is -0.466. The van der Waals surface area contributed by atoms with Crippen molar-refractivity contribution in [3.05, 3.63) is 11.3 Å². The van der Waals surface area contributed by atoms with Crippen molar-refractivity contribution < 1.29 is 19.1 Å². The van der Waals surface area contributed by atoms with Crippen LogP contribution in [0.3, 0.4) is 0 Å². The number of carbonyl (C=O) groups is 2. The van der Waals surface area contributed by atoms with E-state index in [9.17, 15) is 9.59 Å². The third-order valence-electron chi connectivity index (χ3n) is 2.72. The summed E-state index contributed by atoms with van der Waals surface area (Å²) in [5, 5.41) is 2.45. The molecule has 0 aliphatic carbocycles. The summed E-state index contributed by atoms with van der Waals surface area (Å²) >= 11 is 0. The van der Waals surface area contributed by atoms with Gasteiger partial charge in [-0.1, -0.05) is 6.92 Å². The van der Waals surface area contributed by atoms with Crippen LogP contribution in [0.5, 0.6) is 0 Å². The van der Waals surface area contributed by atoms with Gasteiger partial charge in [0.1, 0.15) is 5.70 Å². The molecule has 1 aliphatic rings. The van der Waals surface area contributed by atoms with Gasteiger partial charge in [0.25, 0.3) is 0 Å². The SMILES string of the molecule is CCOC(=O)/C(NC=O)=C1/CCO[C@H](CC)C1. The van der Waals surface area contributed by atoms with Gasteiger partial charge in [0, 0.05) is 0 Å². The maximum absolute atomic E-state index is 11.7. The molecule has 1 amide bonds. The largest absolute Gasteiger partial charge is 0.461 e. The molecule has 0 spiro atoms. The third kappa shape index (κ3) is 3.85. The topological polar surface area (TPSA) is 64.6 Å². The van der Waals surface area contributed by atoms with Crippen LogP contribution >= 0.6 is 0 Å². The zero-order chi connectivity index (χ0) is 12.7. The summed E-state index contributed by atoms with van der Waals surface area (Å²) in [4.78, 5) is 22.2.